The van der Waals surface area contributed by atoms with Crippen LogP contribution in [0, 0.1) is 0 Å². The van der Waals surface area contributed by atoms with Crippen molar-refractivity contribution in [2.75, 3.05) is 6.61 Å². The molecular formula is C33H35NO3S. The van der Waals surface area contributed by atoms with Gasteiger partial charge in [-0.2, -0.15) is 0 Å². The van der Waals surface area contributed by atoms with Crippen molar-refractivity contribution < 1.29 is 14.3 Å². The smallest absolute Gasteiger partial charge is 0.330 e. The Balaban J connectivity index is 1.33. The van der Waals surface area contributed by atoms with Gasteiger partial charge in [0.25, 0.3) is 0 Å². The number of hydrogen-bond acceptors (Lipinski definition) is 5. The highest BCUT2D eigenvalue weighted by Crippen LogP contribution is 2.19. The molecule has 0 aliphatic heterocycles. The van der Waals surface area contributed by atoms with Crippen LogP contribution in [-0.2, 0) is 22.6 Å². The van der Waals surface area contributed by atoms with Crippen LogP contribution in [0.4, 0.5) is 0 Å². The number of aliphatic imine (C=N–C) groups is 1. The maximum atomic E-state index is 12.8. The highest BCUT2D eigenvalue weighted by Gasteiger charge is 2.20. The van der Waals surface area contributed by atoms with Crippen molar-refractivity contribution in [3.8, 4) is 5.75 Å². The van der Waals surface area contributed by atoms with Crippen molar-refractivity contribution in [1.29, 1.82) is 0 Å². The predicted molar refractivity (Wildman–Crippen MR) is 156 cm³/mol. The number of unbranched alkanes of at least 4 members (excludes halogenated alkanes) is 2. The molecule has 0 bridgehead atoms. The Morgan fingerprint density at radius 2 is 1.50 bits per heavy atom. The molecule has 4 rings (SSSR count). The van der Waals surface area contributed by atoms with E-state index >= 15 is 0 Å². The molecule has 0 radical (unpaired) electrons. The number of rotatable bonds is 14. The minimum atomic E-state index is -0.523. The van der Waals surface area contributed by atoms with Crippen LogP contribution in [0.5, 0.6) is 5.75 Å². The monoisotopic (exact) mass is 525 g/mol. The fraction of sp³-hybridized carbons (Fsp3) is 0.273. The van der Waals surface area contributed by atoms with E-state index < -0.39 is 6.04 Å². The van der Waals surface area contributed by atoms with Gasteiger partial charge in [-0.3, -0.25) is 4.99 Å². The van der Waals surface area contributed by atoms with E-state index in [1.807, 2.05) is 85.8 Å². The third-order valence-electron chi connectivity index (χ3n) is 6.27. The van der Waals surface area contributed by atoms with Crippen LogP contribution >= 0.6 is 11.3 Å². The molecule has 0 aliphatic carbocycles. The molecule has 38 heavy (non-hydrogen) atoms. The van der Waals surface area contributed by atoms with Gasteiger partial charge in [0.1, 0.15) is 18.4 Å². The molecule has 3 aromatic carbocycles. The van der Waals surface area contributed by atoms with E-state index in [9.17, 15) is 4.79 Å². The zero-order chi connectivity index (χ0) is 26.4. The lowest BCUT2D eigenvalue weighted by Gasteiger charge is -2.15. The van der Waals surface area contributed by atoms with Crippen molar-refractivity contribution >= 4 is 23.0 Å². The van der Waals surface area contributed by atoms with Gasteiger partial charge in [-0.25, -0.2) is 4.79 Å². The van der Waals surface area contributed by atoms with Gasteiger partial charge in [-0.15, -0.1) is 11.3 Å². The van der Waals surface area contributed by atoms with Gasteiger partial charge in [0.05, 0.1) is 12.3 Å². The summed E-state index contributed by atoms with van der Waals surface area (Å²) in [6, 6.07) is 32.1. The Kier molecular flexibility index (Phi) is 10.7. The fourth-order valence-corrected chi connectivity index (χ4v) is 4.90. The average Bonchev–Trinajstić information content (AvgIpc) is 3.49. The zero-order valence-electron chi connectivity index (χ0n) is 21.9. The molecule has 1 aromatic heterocycles. The zero-order valence-corrected chi connectivity index (χ0v) is 22.7. The number of carbonyl (C=O) groups excluding carboxylic acids is 1. The molecule has 0 saturated heterocycles. The molecule has 5 heteroatoms. The Morgan fingerprint density at radius 1 is 0.816 bits per heavy atom. The van der Waals surface area contributed by atoms with Crippen LogP contribution in [0.2, 0.25) is 0 Å². The summed E-state index contributed by atoms with van der Waals surface area (Å²) in [5, 5.41) is 2.06. The lowest BCUT2D eigenvalue weighted by Crippen LogP contribution is -2.24. The molecule has 196 valence electrons. The van der Waals surface area contributed by atoms with E-state index in [2.05, 4.69) is 23.6 Å². The molecule has 0 fully saturated rings. The Labute approximate surface area is 230 Å². The minimum absolute atomic E-state index is 0.255. The number of esters is 1. The highest BCUT2D eigenvalue weighted by molar-refractivity contribution is 7.09. The van der Waals surface area contributed by atoms with E-state index in [-0.39, 0.29) is 5.97 Å². The van der Waals surface area contributed by atoms with E-state index in [1.54, 1.807) is 11.3 Å². The van der Waals surface area contributed by atoms with Gasteiger partial charge in [0.2, 0.25) is 0 Å². The molecule has 0 saturated carbocycles. The van der Waals surface area contributed by atoms with Crippen LogP contribution in [0.25, 0.3) is 0 Å². The van der Waals surface area contributed by atoms with Crippen LogP contribution < -0.4 is 4.74 Å². The standard InChI is InChI=1S/C33H35NO3S/c1-2-36-33(35)31(34-32(27-14-7-4-8-15-27)28-16-9-5-10-17-28)19-11-3-6-13-26-20-22-29(23-21-26)37-25-30-18-12-24-38-30/h4-5,7-10,12,14-18,20-24,31H,2-3,6,11,13,19,25H2,1H3. The van der Waals surface area contributed by atoms with Gasteiger partial charge >= 0.3 is 5.97 Å². The Hall–Kier alpha value is -3.70. The SMILES string of the molecule is CCOC(=O)C(CCCCCc1ccc(OCc2cccs2)cc1)N=C(c1ccccc1)c1ccccc1. The fourth-order valence-electron chi connectivity index (χ4n) is 4.28. The minimum Gasteiger partial charge on any atom is -0.488 e. The molecule has 1 atom stereocenters. The molecular weight excluding hydrogens is 490 g/mol. The summed E-state index contributed by atoms with van der Waals surface area (Å²) in [6.07, 6.45) is 4.65. The van der Waals surface area contributed by atoms with Crippen molar-refractivity contribution in [3.63, 3.8) is 0 Å². The predicted octanol–water partition coefficient (Wildman–Crippen LogP) is 7.90. The lowest BCUT2D eigenvalue weighted by molar-refractivity contribution is -0.144. The normalized spacial score (nSPS) is 11.5. The molecule has 0 spiro atoms. The number of carbonyl (C=O) groups is 1. The van der Waals surface area contributed by atoms with Crippen LogP contribution in [0.1, 0.15) is 54.2 Å². The van der Waals surface area contributed by atoms with Crippen molar-refractivity contribution in [3.05, 3.63) is 124 Å². The molecule has 4 aromatic rings. The van der Waals surface area contributed by atoms with Gasteiger partial charge in [0.15, 0.2) is 0 Å². The summed E-state index contributed by atoms with van der Waals surface area (Å²) in [4.78, 5) is 19.0. The van der Waals surface area contributed by atoms with E-state index in [0.717, 1.165) is 48.3 Å². The number of benzene rings is 3. The second-order valence-corrected chi connectivity index (χ2v) is 10.1. The molecule has 4 nitrogen and oxygen atoms in total. The van der Waals surface area contributed by atoms with E-state index in [1.165, 1.54) is 10.4 Å². The summed E-state index contributed by atoms with van der Waals surface area (Å²) in [5.41, 5.74) is 4.11. The Morgan fingerprint density at radius 3 is 2.11 bits per heavy atom. The quantitative estimate of drug-likeness (QED) is 0.0955. The van der Waals surface area contributed by atoms with Crippen molar-refractivity contribution in [2.24, 2.45) is 4.99 Å². The number of thiophene rings is 1. The van der Waals surface area contributed by atoms with Crippen LogP contribution in [0.3, 0.4) is 0 Å². The third-order valence-corrected chi connectivity index (χ3v) is 7.12. The number of nitrogens with zero attached hydrogens (tertiary/aromatic N) is 1. The number of hydrogen-bond donors (Lipinski definition) is 0. The maximum Gasteiger partial charge on any atom is 0.330 e. The average molecular weight is 526 g/mol. The molecule has 0 amide bonds. The van der Waals surface area contributed by atoms with Gasteiger partial charge in [0, 0.05) is 16.0 Å². The topological polar surface area (TPSA) is 47.9 Å². The summed E-state index contributed by atoms with van der Waals surface area (Å²) in [6.45, 7) is 2.80. The summed E-state index contributed by atoms with van der Waals surface area (Å²) in [7, 11) is 0. The summed E-state index contributed by atoms with van der Waals surface area (Å²) >= 11 is 1.71. The number of aryl methyl sites for hydroxylation is 1. The first-order chi connectivity index (χ1) is 18.7. The van der Waals surface area contributed by atoms with Crippen LogP contribution in [-0.4, -0.2) is 24.3 Å². The maximum absolute atomic E-state index is 12.8. The first-order valence-electron chi connectivity index (χ1n) is 13.3. The Bertz CT molecular complexity index is 1210. The summed E-state index contributed by atoms with van der Waals surface area (Å²) < 4.78 is 11.3. The largest absolute Gasteiger partial charge is 0.488 e. The van der Waals surface area contributed by atoms with Crippen molar-refractivity contribution in [1.82, 2.24) is 0 Å². The van der Waals surface area contributed by atoms with Crippen molar-refractivity contribution in [2.45, 2.75) is 51.7 Å². The lowest BCUT2D eigenvalue weighted by atomic mass is 10.0. The van der Waals surface area contributed by atoms with Gasteiger partial charge < -0.3 is 9.47 Å². The number of ether oxygens (including phenoxy) is 2. The second-order valence-electron chi connectivity index (χ2n) is 9.09. The second kappa shape index (κ2) is 14.9. The first-order valence-corrected chi connectivity index (χ1v) is 14.2. The molecule has 1 heterocycles. The van der Waals surface area contributed by atoms with Gasteiger partial charge in [-0.05, 0) is 55.3 Å². The molecule has 1 unspecified atom stereocenters. The molecule has 0 N–H and O–H groups in total. The highest BCUT2D eigenvalue weighted by atomic mass is 32.1. The third kappa shape index (κ3) is 8.42. The van der Waals surface area contributed by atoms with Gasteiger partial charge in [-0.1, -0.05) is 91.7 Å². The van der Waals surface area contributed by atoms with E-state index in [4.69, 9.17) is 14.5 Å². The molecule has 0 aliphatic rings. The summed E-state index contributed by atoms with van der Waals surface area (Å²) in [5.74, 6) is 0.639. The van der Waals surface area contributed by atoms with E-state index in [0.29, 0.717) is 19.6 Å². The van der Waals surface area contributed by atoms with Crippen LogP contribution in [0.15, 0.2) is 107 Å². The first kappa shape index (κ1) is 27.3.